The second-order valence-electron chi connectivity index (χ2n) is 3.13. The molecule has 6 nitrogen and oxygen atoms in total. The largest absolute Gasteiger partial charge is 0.383 e. The number of hydrogen-bond acceptors (Lipinski definition) is 6. The van der Waals surface area contributed by atoms with Crippen LogP contribution >= 0.6 is 11.8 Å². The van der Waals surface area contributed by atoms with E-state index in [0.29, 0.717) is 5.03 Å². The Bertz CT molecular complexity index is 547. The van der Waals surface area contributed by atoms with Crippen molar-refractivity contribution in [3.8, 4) is 0 Å². The fraction of sp³-hybridized carbons (Fsp3) is 0. The molecule has 17 heavy (non-hydrogen) atoms. The molecule has 0 fully saturated rings. The number of pyridine rings is 2. The molecular weight excluding hydrogens is 240 g/mol. The zero-order chi connectivity index (χ0) is 12.3. The molecule has 0 saturated heterocycles. The van der Waals surface area contributed by atoms with Crippen LogP contribution in [-0.2, 0) is 0 Å². The van der Waals surface area contributed by atoms with E-state index in [1.807, 2.05) is 0 Å². The lowest BCUT2D eigenvalue weighted by molar-refractivity contribution is -0.385. The average molecular weight is 248 g/mol. The maximum atomic E-state index is 10.7. The minimum Gasteiger partial charge on any atom is -0.383 e. The summed E-state index contributed by atoms with van der Waals surface area (Å²) in [5.41, 5.74) is 5.45. The highest BCUT2D eigenvalue weighted by atomic mass is 32.2. The van der Waals surface area contributed by atoms with Gasteiger partial charge in [0.1, 0.15) is 10.8 Å². The molecule has 0 aliphatic carbocycles. The van der Waals surface area contributed by atoms with E-state index in [-0.39, 0.29) is 11.5 Å². The third-order valence-corrected chi connectivity index (χ3v) is 2.82. The first-order valence-corrected chi connectivity index (χ1v) is 5.46. The summed E-state index contributed by atoms with van der Waals surface area (Å²) in [5.74, 6) is 0.135. The number of rotatable bonds is 3. The third-order valence-electron chi connectivity index (χ3n) is 1.89. The highest BCUT2D eigenvalue weighted by Gasteiger charge is 2.10. The Kier molecular flexibility index (Phi) is 3.20. The quantitative estimate of drug-likeness (QED) is 0.660. The number of nitro groups is 1. The van der Waals surface area contributed by atoms with Gasteiger partial charge in [-0.3, -0.25) is 15.1 Å². The fourth-order valence-electron chi connectivity index (χ4n) is 1.20. The Hall–Kier alpha value is -2.15. The summed E-state index contributed by atoms with van der Waals surface area (Å²) >= 11 is 1.30. The Morgan fingerprint density at radius 1 is 1.29 bits per heavy atom. The van der Waals surface area contributed by atoms with Crippen LogP contribution in [0.25, 0.3) is 0 Å². The molecule has 0 bridgehead atoms. The van der Waals surface area contributed by atoms with Gasteiger partial charge >= 0.3 is 0 Å². The first-order chi connectivity index (χ1) is 8.15. The standard InChI is InChI=1S/C10H8N4O2S/c11-9-5-7(14(15)16)6-10(13-9)17-8-1-3-12-4-2-8/h1-6H,(H2,11,13). The molecule has 2 rings (SSSR count). The van der Waals surface area contributed by atoms with Crippen LogP contribution < -0.4 is 5.73 Å². The van der Waals surface area contributed by atoms with Gasteiger partial charge in [-0.2, -0.15) is 0 Å². The molecule has 2 heterocycles. The van der Waals surface area contributed by atoms with E-state index >= 15 is 0 Å². The van der Waals surface area contributed by atoms with Crippen LogP contribution in [0.1, 0.15) is 0 Å². The number of nitrogen functional groups attached to an aromatic ring is 1. The highest BCUT2D eigenvalue weighted by Crippen LogP contribution is 2.28. The van der Waals surface area contributed by atoms with Gasteiger partial charge in [0.05, 0.1) is 11.0 Å². The van der Waals surface area contributed by atoms with Crippen molar-refractivity contribution in [3.63, 3.8) is 0 Å². The molecule has 0 unspecified atom stereocenters. The molecule has 0 aliphatic heterocycles. The summed E-state index contributed by atoms with van der Waals surface area (Å²) in [6.07, 6.45) is 3.28. The van der Waals surface area contributed by atoms with Crippen LogP contribution in [0.3, 0.4) is 0 Å². The van der Waals surface area contributed by atoms with Crippen molar-refractivity contribution < 1.29 is 4.92 Å². The molecule has 0 atom stereocenters. The number of anilines is 1. The SMILES string of the molecule is Nc1cc([N+](=O)[O-])cc(Sc2ccncc2)n1. The Morgan fingerprint density at radius 3 is 2.65 bits per heavy atom. The monoisotopic (exact) mass is 248 g/mol. The van der Waals surface area contributed by atoms with Gasteiger partial charge in [0.15, 0.2) is 0 Å². The number of hydrogen-bond donors (Lipinski definition) is 1. The maximum Gasteiger partial charge on any atom is 0.275 e. The van der Waals surface area contributed by atoms with E-state index < -0.39 is 4.92 Å². The van der Waals surface area contributed by atoms with E-state index in [0.717, 1.165) is 4.90 Å². The van der Waals surface area contributed by atoms with E-state index in [1.54, 1.807) is 24.5 Å². The lowest BCUT2D eigenvalue weighted by Gasteiger charge is -2.01. The van der Waals surface area contributed by atoms with Gasteiger partial charge in [0.25, 0.3) is 5.69 Å². The molecule has 0 spiro atoms. The van der Waals surface area contributed by atoms with Crippen molar-refractivity contribution in [3.05, 3.63) is 46.8 Å². The lowest BCUT2D eigenvalue weighted by Crippen LogP contribution is -1.95. The van der Waals surface area contributed by atoms with Gasteiger partial charge in [-0.05, 0) is 12.1 Å². The number of nitrogens with zero attached hydrogens (tertiary/aromatic N) is 3. The number of aromatic nitrogens is 2. The van der Waals surface area contributed by atoms with Crippen LogP contribution in [0, 0.1) is 10.1 Å². The molecular formula is C10H8N4O2S. The van der Waals surface area contributed by atoms with Crippen molar-refractivity contribution in [2.24, 2.45) is 0 Å². The Balaban J connectivity index is 2.30. The molecule has 86 valence electrons. The summed E-state index contributed by atoms with van der Waals surface area (Å²) in [7, 11) is 0. The lowest BCUT2D eigenvalue weighted by atomic mass is 10.4. The normalized spacial score (nSPS) is 10.1. The Morgan fingerprint density at radius 2 is 2.00 bits per heavy atom. The van der Waals surface area contributed by atoms with Gasteiger partial charge in [-0.1, -0.05) is 11.8 Å². The summed E-state index contributed by atoms with van der Waals surface area (Å²) < 4.78 is 0. The van der Waals surface area contributed by atoms with Crippen LogP contribution in [-0.4, -0.2) is 14.9 Å². The predicted molar refractivity (Wildman–Crippen MR) is 63.7 cm³/mol. The molecule has 2 N–H and O–H groups in total. The van der Waals surface area contributed by atoms with Crippen molar-refractivity contribution >= 4 is 23.3 Å². The van der Waals surface area contributed by atoms with Gasteiger partial charge in [-0.25, -0.2) is 4.98 Å². The average Bonchev–Trinajstić information content (AvgIpc) is 2.29. The van der Waals surface area contributed by atoms with Crippen molar-refractivity contribution in [2.75, 3.05) is 5.73 Å². The summed E-state index contributed by atoms with van der Waals surface area (Å²) in [4.78, 5) is 19.0. The second kappa shape index (κ2) is 4.79. The third kappa shape index (κ3) is 2.91. The molecule has 7 heteroatoms. The molecule has 0 aromatic carbocycles. The van der Waals surface area contributed by atoms with Crippen LogP contribution in [0.15, 0.2) is 46.6 Å². The zero-order valence-electron chi connectivity index (χ0n) is 8.61. The van der Waals surface area contributed by atoms with Crippen molar-refractivity contribution in [1.82, 2.24) is 9.97 Å². The molecule has 0 amide bonds. The molecule has 0 aliphatic rings. The summed E-state index contributed by atoms with van der Waals surface area (Å²) in [6, 6.07) is 6.21. The molecule has 0 radical (unpaired) electrons. The van der Waals surface area contributed by atoms with E-state index in [4.69, 9.17) is 5.73 Å². The smallest absolute Gasteiger partial charge is 0.275 e. The number of nitrogens with two attached hydrogens (primary N) is 1. The minimum absolute atomic E-state index is 0.0611. The topological polar surface area (TPSA) is 94.9 Å². The molecule has 2 aromatic heterocycles. The van der Waals surface area contributed by atoms with Crippen molar-refractivity contribution in [1.29, 1.82) is 0 Å². The fourth-order valence-corrected chi connectivity index (χ4v) is 2.03. The van der Waals surface area contributed by atoms with Gasteiger partial charge in [0.2, 0.25) is 0 Å². The van der Waals surface area contributed by atoms with Crippen LogP contribution in [0.5, 0.6) is 0 Å². The Labute approximate surface area is 101 Å². The van der Waals surface area contributed by atoms with Crippen molar-refractivity contribution in [2.45, 2.75) is 9.92 Å². The van der Waals surface area contributed by atoms with E-state index in [9.17, 15) is 10.1 Å². The molecule has 0 saturated carbocycles. The van der Waals surface area contributed by atoms with Crippen LogP contribution in [0.2, 0.25) is 0 Å². The van der Waals surface area contributed by atoms with Gasteiger partial charge in [-0.15, -0.1) is 0 Å². The van der Waals surface area contributed by atoms with E-state index in [1.165, 1.54) is 23.9 Å². The maximum absolute atomic E-state index is 10.7. The highest BCUT2D eigenvalue weighted by molar-refractivity contribution is 7.99. The van der Waals surface area contributed by atoms with Crippen LogP contribution in [0.4, 0.5) is 11.5 Å². The van der Waals surface area contributed by atoms with Gasteiger partial charge < -0.3 is 5.73 Å². The van der Waals surface area contributed by atoms with Gasteiger partial charge in [0, 0.05) is 23.4 Å². The zero-order valence-corrected chi connectivity index (χ0v) is 9.42. The first kappa shape index (κ1) is 11.3. The molecule has 2 aromatic rings. The predicted octanol–water partition coefficient (Wildman–Crippen LogP) is 2.12. The summed E-state index contributed by atoms with van der Waals surface area (Å²) in [5, 5.41) is 11.1. The van der Waals surface area contributed by atoms with E-state index in [2.05, 4.69) is 9.97 Å². The minimum atomic E-state index is -0.491. The first-order valence-electron chi connectivity index (χ1n) is 4.65. The summed E-state index contributed by atoms with van der Waals surface area (Å²) in [6.45, 7) is 0. The second-order valence-corrected chi connectivity index (χ2v) is 4.22.